The Morgan fingerprint density at radius 2 is 2.32 bits per heavy atom. The van der Waals surface area contributed by atoms with Gasteiger partial charge in [-0.05, 0) is 6.92 Å². The number of fused-ring (bicyclic) bond motifs is 1. The van der Waals surface area contributed by atoms with Gasteiger partial charge in [0.05, 0.1) is 13.2 Å². The summed E-state index contributed by atoms with van der Waals surface area (Å²) in [6.45, 7) is 1.41. The Morgan fingerprint density at radius 1 is 1.58 bits per heavy atom. The van der Waals surface area contributed by atoms with Gasteiger partial charge in [0, 0.05) is 11.8 Å². The maximum absolute atomic E-state index is 11.8. The van der Waals surface area contributed by atoms with Crippen molar-refractivity contribution in [1.29, 1.82) is 0 Å². The third-order valence-electron chi connectivity index (χ3n) is 3.67. The highest BCUT2D eigenvalue weighted by molar-refractivity contribution is 5.09. The summed E-state index contributed by atoms with van der Waals surface area (Å²) in [7, 11) is 0. The second-order valence-electron chi connectivity index (χ2n) is 4.93. The molecule has 2 aliphatic heterocycles. The highest BCUT2D eigenvalue weighted by Gasteiger charge is 2.62. The first-order valence-corrected chi connectivity index (χ1v) is 5.89. The standard InChI is InChI=1S/C11H14N2O6/c1-5-2-13(10(17)12-8(5)16)9-6(15)7-11(3-14,19-9)4-18-7/h2,6-7,9,14-15H,3-4H2,1H3,(H,12,16,17)/t6-,7+,9-,11+/m1/s1. The largest absolute Gasteiger partial charge is 0.393 e. The van der Waals surface area contributed by atoms with Crippen molar-refractivity contribution >= 4 is 0 Å². The van der Waals surface area contributed by atoms with Crippen LogP contribution in [0.25, 0.3) is 0 Å². The lowest BCUT2D eigenvalue weighted by Crippen LogP contribution is -2.61. The average molecular weight is 270 g/mol. The molecule has 0 amide bonds. The van der Waals surface area contributed by atoms with Gasteiger partial charge in [0.15, 0.2) is 6.23 Å². The Hall–Kier alpha value is -1.48. The van der Waals surface area contributed by atoms with Crippen LogP contribution in [0.4, 0.5) is 0 Å². The van der Waals surface area contributed by atoms with Crippen molar-refractivity contribution in [2.75, 3.05) is 13.2 Å². The van der Waals surface area contributed by atoms with Crippen LogP contribution in [0.1, 0.15) is 11.8 Å². The van der Waals surface area contributed by atoms with E-state index in [2.05, 4.69) is 4.98 Å². The van der Waals surface area contributed by atoms with Crippen LogP contribution in [0, 0.1) is 6.92 Å². The van der Waals surface area contributed by atoms with Crippen molar-refractivity contribution in [3.63, 3.8) is 0 Å². The fraction of sp³-hybridized carbons (Fsp3) is 0.636. The summed E-state index contributed by atoms with van der Waals surface area (Å²) in [5, 5.41) is 19.4. The minimum Gasteiger partial charge on any atom is -0.393 e. The van der Waals surface area contributed by atoms with Crippen molar-refractivity contribution in [3.05, 3.63) is 32.6 Å². The van der Waals surface area contributed by atoms with E-state index < -0.39 is 35.3 Å². The Kier molecular flexibility index (Phi) is 2.65. The number of H-pyrrole nitrogens is 1. The van der Waals surface area contributed by atoms with E-state index in [1.807, 2.05) is 0 Å². The van der Waals surface area contributed by atoms with Crippen molar-refractivity contribution in [1.82, 2.24) is 9.55 Å². The molecule has 3 rings (SSSR count). The summed E-state index contributed by atoms with van der Waals surface area (Å²) in [5.41, 5.74) is -1.79. The normalized spacial score (nSPS) is 36.9. The van der Waals surface area contributed by atoms with E-state index in [0.29, 0.717) is 5.56 Å². The molecule has 0 radical (unpaired) electrons. The second-order valence-corrected chi connectivity index (χ2v) is 4.93. The monoisotopic (exact) mass is 270 g/mol. The second kappa shape index (κ2) is 4.01. The number of hydrogen-bond acceptors (Lipinski definition) is 6. The number of nitrogens with one attached hydrogen (secondary N) is 1. The lowest BCUT2D eigenvalue weighted by atomic mass is 9.91. The molecule has 0 saturated carbocycles. The van der Waals surface area contributed by atoms with Gasteiger partial charge in [-0.2, -0.15) is 0 Å². The summed E-state index contributed by atoms with van der Waals surface area (Å²) in [6, 6.07) is 0. The number of aromatic amines is 1. The summed E-state index contributed by atoms with van der Waals surface area (Å²) < 4.78 is 11.9. The number of aliphatic hydroxyl groups is 2. The summed E-state index contributed by atoms with van der Waals surface area (Å²) >= 11 is 0. The smallest absolute Gasteiger partial charge is 0.330 e. The molecule has 2 aliphatic rings. The van der Waals surface area contributed by atoms with Gasteiger partial charge in [0.25, 0.3) is 5.56 Å². The first kappa shape index (κ1) is 12.5. The predicted octanol–water partition coefficient (Wildman–Crippen LogP) is -2.14. The molecule has 104 valence electrons. The van der Waals surface area contributed by atoms with E-state index in [9.17, 15) is 19.8 Å². The summed E-state index contributed by atoms with van der Waals surface area (Å²) in [5.74, 6) is 0. The van der Waals surface area contributed by atoms with Gasteiger partial charge in [-0.25, -0.2) is 4.79 Å². The van der Waals surface area contributed by atoms with Crippen LogP contribution in [0.15, 0.2) is 15.8 Å². The minimum atomic E-state index is -1.08. The van der Waals surface area contributed by atoms with E-state index >= 15 is 0 Å². The fourth-order valence-electron chi connectivity index (χ4n) is 2.51. The van der Waals surface area contributed by atoms with Crippen LogP contribution >= 0.6 is 0 Å². The maximum Gasteiger partial charge on any atom is 0.330 e. The van der Waals surface area contributed by atoms with Gasteiger partial charge in [0.2, 0.25) is 0 Å². The first-order chi connectivity index (χ1) is 8.98. The molecule has 1 aromatic heterocycles. The number of aliphatic hydroxyl groups excluding tert-OH is 2. The molecule has 19 heavy (non-hydrogen) atoms. The van der Waals surface area contributed by atoms with Gasteiger partial charge in [0.1, 0.15) is 17.8 Å². The highest BCUT2D eigenvalue weighted by Crippen LogP contribution is 2.44. The fourth-order valence-corrected chi connectivity index (χ4v) is 2.51. The number of aromatic nitrogens is 2. The predicted molar refractivity (Wildman–Crippen MR) is 61.7 cm³/mol. The summed E-state index contributed by atoms with van der Waals surface area (Å²) in [4.78, 5) is 25.2. The van der Waals surface area contributed by atoms with Crippen LogP contribution in [0.3, 0.4) is 0 Å². The molecule has 2 fully saturated rings. The van der Waals surface area contributed by atoms with Crippen molar-refractivity contribution < 1.29 is 19.7 Å². The van der Waals surface area contributed by atoms with Crippen LogP contribution in [0.5, 0.6) is 0 Å². The zero-order chi connectivity index (χ0) is 13.8. The molecule has 0 aliphatic carbocycles. The lowest BCUT2D eigenvalue weighted by Gasteiger charge is -2.41. The minimum absolute atomic E-state index is 0.165. The van der Waals surface area contributed by atoms with Crippen molar-refractivity contribution in [2.24, 2.45) is 0 Å². The Morgan fingerprint density at radius 3 is 2.84 bits per heavy atom. The molecule has 1 aromatic rings. The van der Waals surface area contributed by atoms with Crippen LogP contribution in [0.2, 0.25) is 0 Å². The van der Waals surface area contributed by atoms with E-state index in [0.717, 1.165) is 4.57 Å². The van der Waals surface area contributed by atoms with Crippen molar-refractivity contribution in [2.45, 2.75) is 31.0 Å². The zero-order valence-electron chi connectivity index (χ0n) is 10.2. The molecule has 0 bridgehead atoms. The molecule has 4 atom stereocenters. The maximum atomic E-state index is 11.8. The van der Waals surface area contributed by atoms with Crippen LogP contribution < -0.4 is 11.2 Å². The topological polar surface area (TPSA) is 114 Å². The lowest BCUT2D eigenvalue weighted by molar-refractivity contribution is -0.246. The molecule has 3 heterocycles. The SMILES string of the molecule is Cc1cn([C@@H]2O[C@@]3(CO)CO[C@H]3[C@H]2O)c(=O)[nH]c1=O. The number of rotatable bonds is 2. The number of aryl methyl sites for hydroxylation is 1. The molecule has 8 heteroatoms. The van der Waals surface area contributed by atoms with E-state index in [-0.39, 0.29) is 13.2 Å². The van der Waals surface area contributed by atoms with E-state index in [1.165, 1.54) is 6.20 Å². The Bertz CT molecular complexity index is 618. The van der Waals surface area contributed by atoms with E-state index in [1.54, 1.807) is 6.92 Å². The van der Waals surface area contributed by atoms with Gasteiger partial charge in [-0.3, -0.25) is 14.3 Å². The Labute approximate surface area is 107 Å². The van der Waals surface area contributed by atoms with E-state index in [4.69, 9.17) is 9.47 Å². The molecular weight excluding hydrogens is 256 g/mol. The van der Waals surface area contributed by atoms with Gasteiger partial charge in [-0.15, -0.1) is 0 Å². The molecule has 3 N–H and O–H groups in total. The van der Waals surface area contributed by atoms with Crippen molar-refractivity contribution in [3.8, 4) is 0 Å². The number of nitrogens with zero attached hydrogens (tertiary/aromatic N) is 1. The average Bonchev–Trinajstić information content (AvgIpc) is 2.52. The molecule has 0 unspecified atom stereocenters. The Balaban J connectivity index is 2.02. The van der Waals surface area contributed by atoms with Gasteiger partial charge in [-0.1, -0.05) is 0 Å². The summed E-state index contributed by atoms with van der Waals surface area (Å²) in [6.07, 6.45) is -1.40. The first-order valence-electron chi connectivity index (χ1n) is 5.89. The molecule has 0 aromatic carbocycles. The number of hydrogen-bond donors (Lipinski definition) is 3. The third kappa shape index (κ3) is 1.61. The zero-order valence-corrected chi connectivity index (χ0v) is 10.2. The van der Waals surface area contributed by atoms with Crippen LogP contribution in [-0.4, -0.2) is 50.8 Å². The molecule has 2 saturated heterocycles. The quantitative estimate of drug-likeness (QED) is 0.565. The third-order valence-corrected chi connectivity index (χ3v) is 3.67. The molecule has 8 nitrogen and oxygen atoms in total. The van der Waals surface area contributed by atoms with Gasteiger partial charge >= 0.3 is 5.69 Å². The molecular formula is C11H14N2O6. The van der Waals surface area contributed by atoms with Crippen LogP contribution in [-0.2, 0) is 9.47 Å². The molecule has 0 spiro atoms. The highest BCUT2D eigenvalue weighted by atomic mass is 16.7. The number of ether oxygens (including phenoxy) is 2. The van der Waals surface area contributed by atoms with Gasteiger partial charge < -0.3 is 19.7 Å².